The molecule has 1 amide bonds. The minimum Gasteiger partial charge on any atom is -0.493 e. The summed E-state index contributed by atoms with van der Waals surface area (Å²) >= 11 is 0. The Morgan fingerprint density at radius 3 is 2.43 bits per heavy atom. The summed E-state index contributed by atoms with van der Waals surface area (Å²) in [6, 6.07) is 13.8. The van der Waals surface area contributed by atoms with Crippen LogP contribution >= 0.6 is 0 Å². The zero-order valence-corrected chi connectivity index (χ0v) is 15.8. The van der Waals surface area contributed by atoms with Gasteiger partial charge in [-0.1, -0.05) is 18.2 Å². The van der Waals surface area contributed by atoms with Crippen LogP contribution in [0.15, 0.2) is 41.4 Å². The van der Waals surface area contributed by atoms with E-state index in [9.17, 15) is 15.3 Å². The van der Waals surface area contributed by atoms with Crippen LogP contribution in [0.25, 0.3) is 0 Å². The van der Waals surface area contributed by atoms with E-state index in [2.05, 4.69) is 11.1 Å². The topological polar surface area (TPSA) is 98.7 Å². The highest BCUT2D eigenvalue weighted by atomic mass is 16.5. The Morgan fingerprint density at radius 1 is 1.11 bits per heavy atom. The van der Waals surface area contributed by atoms with Crippen LogP contribution in [0.1, 0.15) is 23.1 Å². The molecule has 1 heterocycles. The number of rotatable bonds is 4. The first-order valence-electron chi connectivity index (χ1n) is 8.53. The Balaban J connectivity index is 2.36. The van der Waals surface area contributed by atoms with Gasteiger partial charge in [0.1, 0.15) is 6.04 Å². The van der Waals surface area contributed by atoms with Gasteiger partial charge < -0.3 is 14.4 Å². The molecular formula is C21H18N4O3. The van der Waals surface area contributed by atoms with Crippen LogP contribution in [0.5, 0.6) is 11.5 Å². The van der Waals surface area contributed by atoms with E-state index in [1.807, 2.05) is 6.07 Å². The number of carbonyl (C=O) groups is 1. The maximum absolute atomic E-state index is 12.9. The van der Waals surface area contributed by atoms with Crippen LogP contribution in [0, 0.1) is 22.7 Å². The fourth-order valence-electron chi connectivity index (χ4n) is 3.18. The highest BCUT2D eigenvalue weighted by Gasteiger charge is 2.32. The van der Waals surface area contributed by atoms with Crippen molar-refractivity contribution in [3.8, 4) is 23.6 Å². The normalized spacial score (nSPS) is 15.6. The van der Waals surface area contributed by atoms with Gasteiger partial charge in [-0.3, -0.25) is 9.79 Å². The Kier molecular flexibility index (Phi) is 5.28. The van der Waals surface area contributed by atoms with Gasteiger partial charge in [0.05, 0.1) is 49.7 Å². The van der Waals surface area contributed by atoms with E-state index in [0.717, 1.165) is 0 Å². The number of nitrogens with zero attached hydrogens (tertiary/aromatic N) is 4. The van der Waals surface area contributed by atoms with E-state index in [-0.39, 0.29) is 12.3 Å². The molecule has 0 spiro atoms. The van der Waals surface area contributed by atoms with Crippen molar-refractivity contribution in [2.45, 2.75) is 12.5 Å². The van der Waals surface area contributed by atoms with Gasteiger partial charge in [-0.15, -0.1) is 0 Å². The fraction of sp³-hybridized carbons (Fsp3) is 0.238. The molecule has 140 valence electrons. The first-order chi connectivity index (χ1) is 13.5. The second-order valence-electron chi connectivity index (χ2n) is 6.13. The van der Waals surface area contributed by atoms with Crippen LogP contribution in [-0.4, -0.2) is 38.9 Å². The monoisotopic (exact) mass is 374 g/mol. The largest absolute Gasteiger partial charge is 0.493 e. The summed E-state index contributed by atoms with van der Waals surface area (Å²) in [4.78, 5) is 19.0. The van der Waals surface area contributed by atoms with Crippen LogP contribution in [0.2, 0.25) is 0 Å². The summed E-state index contributed by atoms with van der Waals surface area (Å²) in [5.41, 5.74) is 2.66. The highest BCUT2D eigenvalue weighted by molar-refractivity contribution is 6.21. The molecule has 0 radical (unpaired) electrons. The van der Waals surface area contributed by atoms with Crippen molar-refractivity contribution in [3.63, 3.8) is 0 Å². The fourth-order valence-corrected chi connectivity index (χ4v) is 3.18. The van der Waals surface area contributed by atoms with E-state index in [1.54, 1.807) is 43.4 Å². The third-order valence-corrected chi connectivity index (χ3v) is 4.61. The van der Waals surface area contributed by atoms with Crippen molar-refractivity contribution in [3.05, 3.63) is 53.1 Å². The first-order valence-corrected chi connectivity index (χ1v) is 8.53. The van der Waals surface area contributed by atoms with Crippen LogP contribution in [0.4, 0.5) is 5.69 Å². The van der Waals surface area contributed by atoms with Crippen molar-refractivity contribution < 1.29 is 14.3 Å². The lowest BCUT2D eigenvalue weighted by molar-refractivity contribution is -0.119. The molecule has 2 aromatic carbocycles. The van der Waals surface area contributed by atoms with Crippen LogP contribution in [-0.2, 0) is 4.79 Å². The number of hydrogen-bond acceptors (Lipinski definition) is 6. The Labute approximate surface area is 163 Å². The summed E-state index contributed by atoms with van der Waals surface area (Å²) < 4.78 is 10.8. The number of ether oxygens (including phenoxy) is 2. The summed E-state index contributed by atoms with van der Waals surface area (Å²) in [5.74, 6) is 0.634. The smallest absolute Gasteiger partial charge is 0.252 e. The van der Waals surface area contributed by atoms with Gasteiger partial charge in [0.25, 0.3) is 5.91 Å². The SMILES string of the molecule is COc1cc2c(cc1OC)N(C)C(=O)C(CC#N)N=C2c1ccccc1C#N. The van der Waals surface area contributed by atoms with Crippen LogP contribution < -0.4 is 14.4 Å². The number of benzodiazepines with no additional fused rings is 1. The van der Waals surface area contributed by atoms with E-state index in [1.165, 1.54) is 19.1 Å². The number of hydrogen-bond donors (Lipinski definition) is 0. The molecule has 0 aliphatic carbocycles. The van der Waals surface area contributed by atoms with E-state index in [4.69, 9.17) is 9.47 Å². The molecule has 0 saturated heterocycles. The maximum atomic E-state index is 12.9. The van der Waals surface area contributed by atoms with Gasteiger partial charge >= 0.3 is 0 Å². The number of fused-ring (bicyclic) bond motifs is 1. The average molecular weight is 374 g/mol. The molecule has 7 nitrogen and oxygen atoms in total. The standard InChI is InChI=1S/C21H18N4O3/c1-25-17-11-19(28-3)18(27-2)10-15(17)20(24-16(8-9-22)21(25)26)14-7-5-4-6-13(14)12-23/h4-7,10-11,16H,8H2,1-3H3. The molecule has 3 rings (SSSR count). The van der Waals surface area contributed by atoms with Crippen molar-refractivity contribution in [2.75, 3.05) is 26.2 Å². The number of benzene rings is 2. The lowest BCUT2D eigenvalue weighted by Crippen LogP contribution is -2.34. The molecule has 1 aliphatic rings. The molecule has 1 atom stereocenters. The molecule has 1 aliphatic heterocycles. The lowest BCUT2D eigenvalue weighted by atomic mass is 9.96. The van der Waals surface area contributed by atoms with Gasteiger partial charge in [0.15, 0.2) is 11.5 Å². The summed E-state index contributed by atoms with van der Waals surface area (Å²) in [5, 5.41) is 18.7. The third-order valence-electron chi connectivity index (χ3n) is 4.61. The Bertz CT molecular complexity index is 1050. The lowest BCUT2D eigenvalue weighted by Gasteiger charge is -2.21. The van der Waals surface area contributed by atoms with Crippen molar-refractivity contribution in [1.82, 2.24) is 0 Å². The highest BCUT2D eigenvalue weighted by Crippen LogP contribution is 2.38. The number of anilines is 1. The molecule has 0 bridgehead atoms. The minimum atomic E-state index is -0.874. The number of aliphatic imine (C=N–C) groups is 1. The quantitative estimate of drug-likeness (QED) is 0.819. The molecule has 2 aromatic rings. The van der Waals surface area contributed by atoms with Crippen molar-refractivity contribution in [1.29, 1.82) is 10.5 Å². The minimum absolute atomic E-state index is 0.0658. The van der Waals surface area contributed by atoms with Gasteiger partial charge in [-0.2, -0.15) is 10.5 Å². The number of carbonyl (C=O) groups excluding carboxylic acids is 1. The van der Waals surface area contributed by atoms with E-state index >= 15 is 0 Å². The van der Waals surface area contributed by atoms with Gasteiger partial charge in [-0.25, -0.2) is 0 Å². The Hall–Kier alpha value is -3.84. The predicted octanol–water partition coefficient (Wildman–Crippen LogP) is 2.67. The predicted molar refractivity (Wildman–Crippen MR) is 104 cm³/mol. The molecule has 7 heteroatoms. The third kappa shape index (κ3) is 3.15. The molecule has 0 aromatic heterocycles. The number of amides is 1. The van der Waals surface area contributed by atoms with Crippen molar-refractivity contribution >= 4 is 17.3 Å². The summed E-state index contributed by atoms with van der Waals surface area (Å²) in [7, 11) is 4.67. The second kappa shape index (κ2) is 7.81. The zero-order valence-electron chi connectivity index (χ0n) is 15.8. The Morgan fingerprint density at radius 2 is 1.79 bits per heavy atom. The maximum Gasteiger partial charge on any atom is 0.252 e. The van der Waals surface area contributed by atoms with Gasteiger partial charge in [-0.05, 0) is 12.1 Å². The van der Waals surface area contributed by atoms with Gasteiger partial charge in [0.2, 0.25) is 0 Å². The molecule has 1 unspecified atom stereocenters. The number of nitriles is 2. The summed E-state index contributed by atoms with van der Waals surface area (Å²) in [6.07, 6.45) is -0.0658. The zero-order chi connectivity index (χ0) is 20.3. The molecule has 0 fully saturated rings. The second-order valence-corrected chi connectivity index (χ2v) is 6.13. The van der Waals surface area contributed by atoms with E-state index in [0.29, 0.717) is 39.6 Å². The van der Waals surface area contributed by atoms with Crippen molar-refractivity contribution in [2.24, 2.45) is 4.99 Å². The van der Waals surface area contributed by atoms with Crippen LogP contribution in [0.3, 0.4) is 0 Å². The first kappa shape index (κ1) is 18.9. The number of likely N-dealkylation sites (N-methyl/N-ethyl adjacent to an activating group) is 1. The molecule has 28 heavy (non-hydrogen) atoms. The molecular weight excluding hydrogens is 356 g/mol. The van der Waals surface area contributed by atoms with Gasteiger partial charge in [0, 0.05) is 24.2 Å². The summed E-state index contributed by atoms with van der Waals surface area (Å²) in [6.45, 7) is 0. The number of methoxy groups -OCH3 is 2. The van der Waals surface area contributed by atoms with E-state index < -0.39 is 6.04 Å². The average Bonchev–Trinajstić information content (AvgIpc) is 2.83. The molecule has 0 saturated carbocycles. The molecule has 0 N–H and O–H groups in total.